The number of hydrogen-bond acceptors (Lipinski definition) is 3. The van der Waals surface area contributed by atoms with E-state index in [1.165, 1.54) is 5.56 Å². The summed E-state index contributed by atoms with van der Waals surface area (Å²) in [7, 11) is 0. The van der Waals surface area contributed by atoms with Crippen molar-refractivity contribution in [1.29, 1.82) is 0 Å². The van der Waals surface area contributed by atoms with Crippen molar-refractivity contribution in [2.75, 3.05) is 19.6 Å². The molecule has 0 radical (unpaired) electrons. The van der Waals surface area contributed by atoms with Crippen LogP contribution in [0.5, 0.6) is 0 Å². The smallest absolute Gasteiger partial charge is 0.224 e. The summed E-state index contributed by atoms with van der Waals surface area (Å²) in [6, 6.07) is 14.2. The fourth-order valence-corrected chi connectivity index (χ4v) is 3.48. The minimum Gasteiger partial charge on any atom is -0.355 e. The Bertz CT molecular complexity index is 734. The number of hydrogen-bond donors (Lipinski definition) is 1. The second-order valence-electron chi connectivity index (χ2n) is 7.07. The lowest BCUT2D eigenvalue weighted by Crippen LogP contribution is -2.46. The zero-order valence-electron chi connectivity index (χ0n) is 15.6. The molecule has 5 nitrogen and oxygen atoms in total. The molecule has 27 heavy (non-hydrogen) atoms. The molecule has 3 rings (SSSR count). The Labute approximate surface area is 160 Å². The number of carbonyl (C=O) groups is 2. The Balaban J connectivity index is 1.41. The molecule has 0 bridgehead atoms. The van der Waals surface area contributed by atoms with Crippen LogP contribution < -0.4 is 5.32 Å². The van der Waals surface area contributed by atoms with Gasteiger partial charge in [0.1, 0.15) is 0 Å². The molecule has 0 spiro atoms. The molecule has 1 aliphatic heterocycles. The van der Waals surface area contributed by atoms with E-state index < -0.39 is 0 Å². The van der Waals surface area contributed by atoms with Crippen molar-refractivity contribution in [3.8, 4) is 0 Å². The Hall–Kier alpha value is -2.69. The molecule has 1 aromatic heterocycles. The van der Waals surface area contributed by atoms with E-state index in [1.54, 1.807) is 6.20 Å². The molecule has 0 unspecified atom stereocenters. The minimum atomic E-state index is -0.103. The summed E-state index contributed by atoms with van der Waals surface area (Å²) in [6.45, 7) is 1.85. The second-order valence-corrected chi connectivity index (χ2v) is 7.07. The molecule has 0 saturated carbocycles. The molecule has 1 fully saturated rings. The Kier molecular flexibility index (Phi) is 6.97. The molecular weight excluding hydrogens is 338 g/mol. The van der Waals surface area contributed by atoms with Crippen LogP contribution in [-0.4, -0.2) is 41.3 Å². The number of rotatable bonds is 8. The predicted octanol–water partition coefficient (Wildman–Crippen LogP) is 2.61. The van der Waals surface area contributed by atoms with Crippen LogP contribution in [0.25, 0.3) is 0 Å². The quantitative estimate of drug-likeness (QED) is 0.782. The van der Waals surface area contributed by atoms with Crippen LogP contribution in [0.4, 0.5) is 0 Å². The maximum absolute atomic E-state index is 12.5. The number of carbonyl (C=O) groups excluding carboxylic acids is 2. The van der Waals surface area contributed by atoms with Crippen molar-refractivity contribution in [1.82, 2.24) is 15.2 Å². The molecule has 1 aliphatic rings. The van der Waals surface area contributed by atoms with Crippen LogP contribution in [0.3, 0.4) is 0 Å². The van der Waals surface area contributed by atoms with E-state index in [2.05, 4.69) is 22.4 Å². The fraction of sp³-hybridized carbons (Fsp3) is 0.409. The summed E-state index contributed by atoms with van der Waals surface area (Å²) in [6.07, 6.45) is 7.32. The number of nitrogens with one attached hydrogen (secondary N) is 1. The van der Waals surface area contributed by atoms with Gasteiger partial charge < -0.3 is 10.2 Å². The lowest BCUT2D eigenvalue weighted by molar-refractivity contribution is -0.138. The Morgan fingerprint density at radius 2 is 1.93 bits per heavy atom. The van der Waals surface area contributed by atoms with Crippen LogP contribution in [0.15, 0.2) is 54.9 Å². The summed E-state index contributed by atoms with van der Waals surface area (Å²) < 4.78 is 0. The summed E-state index contributed by atoms with van der Waals surface area (Å²) >= 11 is 0. The van der Waals surface area contributed by atoms with E-state index in [1.807, 2.05) is 41.4 Å². The number of likely N-dealkylation sites (tertiary alicyclic amines) is 1. The van der Waals surface area contributed by atoms with Crippen molar-refractivity contribution in [2.24, 2.45) is 5.92 Å². The van der Waals surface area contributed by atoms with E-state index in [4.69, 9.17) is 0 Å². The molecule has 1 N–H and O–H groups in total. The van der Waals surface area contributed by atoms with Gasteiger partial charge in [0.25, 0.3) is 0 Å². The monoisotopic (exact) mass is 365 g/mol. The first kappa shape index (κ1) is 19.1. The molecule has 2 aromatic rings. The maximum Gasteiger partial charge on any atom is 0.224 e. The van der Waals surface area contributed by atoms with Gasteiger partial charge in [-0.1, -0.05) is 36.4 Å². The van der Waals surface area contributed by atoms with Gasteiger partial charge in [0, 0.05) is 38.4 Å². The van der Waals surface area contributed by atoms with Crippen LogP contribution in [0.1, 0.15) is 30.4 Å². The largest absolute Gasteiger partial charge is 0.355 e. The highest BCUT2D eigenvalue weighted by atomic mass is 16.2. The first-order valence-electron chi connectivity index (χ1n) is 9.70. The average molecular weight is 365 g/mol. The third-order valence-electron chi connectivity index (χ3n) is 5.04. The van der Waals surface area contributed by atoms with Gasteiger partial charge in [-0.2, -0.15) is 0 Å². The molecule has 1 atom stereocenters. The van der Waals surface area contributed by atoms with Crippen molar-refractivity contribution in [3.05, 3.63) is 66.0 Å². The highest BCUT2D eigenvalue weighted by Gasteiger charge is 2.29. The zero-order valence-corrected chi connectivity index (χ0v) is 15.6. The van der Waals surface area contributed by atoms with Crippen LogP contribution in [0, 0.1) is 5.92 Å². The molecule has 142 valence electrons. The van der Waals surface area contributed by atoms with Gasteiger partial charge in [0.05, 0.1) is 5.92 Å². The number of amides is 2. The second kappa shape index (κ2) is 9.86. The number of benzene rings is 1. The van der Waals surface area contributed by atoms with E-state index >= 15 is 0 Å². The summed E-state index contributed by atoms with van der Waals surface area (Å²) in [5.74, 6) is 0.121. The Morgan fingerprint density at radius 3 is 2.70 bits per heavy atom. The van der Waals surface area contributed by atoms with E-state index in [9.17, 15) is 9.59 Å². The van der Waals surface area contributed by atoms with Crippen molar-refractivity contribution < 1.29 is 9.59 Å². The van der Waals surface area contributed by atoms with E-state index in [0.717, 1.165) is 24.8 Å². The van der Waals surface area contributed by atoms with Gasteiger partial charge in [-0.25, -0.2) is 0 Å². The van der Waals surface area contributed by atoms with Crippen molar-refractivity contribution >= 4 is 11.8 Å². The number of nitrogens with zero attached hydrogens (tertiary/aromatic N) is 2. The normalized spacial score (nSPS) is 17.0. The van der Waals surface area contributed by atoms with Gasteiger partial charge in [0.2, 0.25) is 11.8 Å². The lowest BCUT2D eigenvalue weighted by atomic mass is 9.96. The maximum atomic E-state index is 12.5. The number of piperidine rings is 1. The standard InChI is InChI=1S/C22H27N3O2/c26-21-11-10-20(22(27)24-14-12-19-8-4-13-23-16-19)17-25(21)15-5-9-18-6-2-1-3-7-18/h1-4,6-8,13,16,20H,5,9-12,14-15,17H2,(H,24,27)/t20-/m1/s1. The summed E-state index contributed by atoms with van der Waals surface area (Å²) in [4.78, 5) is 30.6. The fourth-order valence-electron chi connectivity index (χ4n) is 3.48. The third kappa shape index (κ3) is 5.91. The third-order valence-corrected chi connectivity index (χ3v) is 5.04. The molecule has 2 heterocycles. The van der Waals surface area contributed by atoms with Crippen LogP contribution in [-0.2, 0) is 22.4 Å². The van der Waals surface area contributed by atoms with Crippen LogP contribution >= 0.6 is 0 Å². The highest BCUT2D eigenvalue weighted by Crippen LogP contribution is 2.18. The summed E-state index contributed by atoms with van der Waals surface area (Å²) in [5.41, 5.74) is 2.39. The summed E-state index contributed by atoms with van der Waals surface area (Å²) in [5, 5.41) is 3.01. The molecule has 5 heteroatoms. The lowest BCUT2D eigenvalue weighted by Gasteiger charge is -2.32. The van der Waals surface area contributed by atoms with E-state index in [0.29, 0.717) is 32.5 Å². The van der Waals surface area contributed by atoms with Gasteiger partial charge in [-0.3, -0.25) is 14.6 Å². The van der Waals surface area contributed by atoms with Gasteiger partial charge in [0.15, 0.2) is 0 Å². The van der Waals surface area contributed by atoms with Gasteiger partial charge in [-0.15, -0.1) is 0 Å². The van der Waals surface area contributed by atoms with Gasteiger partial charge >= 0.3 is 0 Å². The first-order valence-corrected chi connectivity index (χ1v) is 9.70. The average Bonchev–Trinajstić information content (AvgIpc) is 2.71. The predicted molar refractivity (Wildman–Crippen MR) is 105 cm³/mol. The van der Waals surface area contributed by atoms with E-state index in [-0.39, 0.29) is 17.7 Å². The van der Waals surface area contributed by atoms with Crippen molar-refractivity contribution in [2.45, 2.75) is 32.1 Å². The number of pyridine rings is 1. The topological polar surface area (TPSA) is 62.3 Å². The molecule has 2 amide bonds. The minimum absolute atomic E-state index is 0.0550. The molecule has 1 aromatic carbocycles. The highest BCUT2D eigenvalue weighted by molar-refractivity contribution is 5.83. The molecule has 0 aliphatic carbocycles. The first-order chi connectivity index (χ1) is 13.2. The number of aromatic nitrogens is 1. The molecular formula is C22H27N3O2. The Morgan fingerprint density at radius 1 is 1.11 bits per heavy atom. The SMILES string of the molecule is O=C(NCCc1cccnc1)[C@@H]1CCC(=O)N(CCCc2ccccc2)C1. The molecule has 1 saturated heterocycles. The van der Waals surface area contributed by atoms with Crippen LogP contribution in [0.2, 0.25) is 0 Å². The van der Waals surface area contributed by atoms with Crippen molar-refractivity contribution in [3.63, 3.8) is 0 Å². The zero-order chi connectivity index (χ0) is 18.9. The number of aryl methyl sites for hydroxylation is 1. The van der Waals surface area contributed by atoms with Gasteiger partial charge in [-0.05, 0) is 42.9 Å².